The van der Waals surface area contributed by atoms with Gasteiger partial charge < -0.3 is 10.0 Å². The van der Waals surface area contributed by atoms with E-state index in [1.165, 1.54) is 12.1 Å². The standard InChI is InChI=1S/C17H14FNO2/c18-14-7-5-13-9-10-19(16(13)11-14)15-4-2-1-3-12(15)6-8-17(20)21/h1-8,11H,9-10H2,(H,20,21)/b8-6+. The molecule has 0 atom stereocenters. The summed E-state index contributed by atoms with van der Waals surface area (Å²) >= 11 is 0. The number of fused-ring (bicyclic) bond motifs is 1. The number of aliphatic carboxylic acids is 1. The van der Waals surface area contributed by atoms with Crippen molar-refractivity contribution in [2.45, 2.75) is 6.42 Å². The highest BCUT2D eigenvalue weighted by molar-refractivity contribution is 5.88. The summed E-state index contributed by atoms with van der Waals surface area (Å²) in [7, 11) is 0. The normalized spacial score (nSPS) is 13.7. The monoisotopic (exact) mass is 283 g/mol. The Labute approximate surface area is 121 Å². The molecule has 1 aliphatic heterocycles. The molecule has 0 saturated carbocycles. The first-order chi connectivity index (χ1) is 10.1. The number of benzene rings is 2. The zero-order valence-electron chi connectivity index (χ0n) is 11.3. The van der Waals surface area contributed by atoms with E-state index in [9.17, 15) is 9.18 Å². The van der Waals surface area contributed by atoms with Crippen LogP contribution in [-0.4, -0.2) is 17.6 Å². The highest BCUT2D eigenvalue weighted by Gasteiger charge is 2.22. The minimum absolute atomic E-state index is 0.265. The lowest BCUT2D eigenvalue weighted by atomic mass is 10.1. The minimum Gasteiger partial charge on any atom is -0.478 e. The van der Waals surface area contributed by atoms with Crippen LogP contribution >= 0.6 is 0 Å². The molecular weight excluding hydrogens is 269 g/mol. The molecule has 0 aliphatic carbocycles. The maximum absolute atomic E-state index is 13.5. The van der Waals surface area contributed by atoms with Crippen molar-refractivity contribution in [3.8, 4) is 0 Å². The summed E-state index contributed by atoms with van der Waals surface area (Å²) in [5.41, 5.74) is 3.65. The molecule has 3 nitrogen and oxygen atoms in total. The van der Waals surface area contributed by atoms with Gasteiger partial charge in [0, 0.05) is 24.0 Å². The van der Waals surface area contributed by atoms with Crippen LogP contribution in [0.5, 0.6) is 0 Å². The maximum Gasteiger partial charge on any atom is 0.328 e. The third-order valence-electron chi connectivity index (χ3n) is 3.58. The molecule has 0 fully saturated rings. The average molecular weight is 283 g/mol. The Kier molecular flexibility index (Phi) is 3.44. The Morgan fingerprint density at radius 1 is 1.19 bits per heavy atom. The van der Waals surface area contributed by atoms with E-state index in [1.54, 1.807) is 12.1 Å². The van der Waals surface area contributed by atoms with Gasteiger partial charge in [0.15, 0.2) is 0 Å². The fraction of sp³-hybridized carbons (Fsp3) is 0.118. The maximum atomic E-state index is 13.5. The Morgan fingerprint density at radius 3 is 2.81 bits per heavy atom. The predicted molar refractivity (Wildman–Crippen MR) is 80.2 cm³/mol. The van der Waals surface area contributed by atoms with Crippen LogP contribution in [0.1, 0.15) is 11.1 Å². The van der Waals surface area contributed by atoms with E-state index in [2.05, 4.69) is 0 Å². The van der Waals surface area contributed by atoms with Crippen LogP contribution in [0.4, 0.5) is 15.8 Å². The first kappa shape index (κ1) is 13.4. The molecule has 1 heterocycles. The summed E-state index contributed by atoms with van der Waals surface area (Å²) in [6.45, 7) is 0.761. The van der Waals surface area contributed by atoms with Crippen molar-refractivity contribution in [2.75, 3.05) is 11.4 Å². The molecule has 3 rings (SSSR count). The molecule has 1 N–H and O–H groups in total. The van der Waals surface area contributed by atoms with Gasteiger partial charge in [-0.05, 0) is 41.8 Å². The van der Waals surface area contributed by atoms with Crippen molar-refractivity contribution in [3.63, 3.8) is 0 Å². The van der Waals surface area contributed by atoms with Gasteiger partial charge in [-0.15, -0.1) is 0 Å². The lowest BCUT2D eigenvalue weighted by Gasteiger charge is -2.21. The summed E-state index contributed by atoms with van der Waals surface area (Å²) in [6, 6.07) is 12.3. The average Bonchev–Trinajstić information content (AvgIpc) is 2.88. The van der Waals surface area contributed by atoms with Crippen molar-refractivity contribution in [2.24, 2.45) is 0 Å². The molecule has 21 heavy (non-hydrogen) atoms. The second-order valence-corrected chi connectivity index (χ2v) is 4.91. The van der Waals surface area contributed by atoms with Crippen molar-refractivity contribution in [1.29, 1.82) is 0 Å². The van der Waals surface area contributed by atoms with Crippen molar-refractivity contribution >= 4 is 23.4 Å². The van der Waals surface area contributed by atoms with Crippen LogP contribution in [0.15, 0.2) is 48.5 Å². The van der Waals surface area contributed by atoms with E-state index in [-0.39, 0.29) is 5.82 Å². The molecular formula is C17H14FNO2. The number of para-hydroxylation sites is 1. The Hall–Kier alpha value is -2.62. The highest BCUT2D eigenvalue weighted by Crippen LogP contribution is 2.37. The molecule has 2 aromatic rings. The predicted octanol–water partition coefficient (Wildman–Crippen LogP) is 3.62. The second-order valence-electron chi connectivity index (χ2n) is 4.91. The van der Waals surface area contributed by atoms with Crippen molar-refractivity contribution < 1.29 is 14.3 Å². The van der Waals surface area contributed by atoms with Gasteiger partial charge in [-0.2, -0.15) is 0 Å². The van der Waals surface area contributed by atoms with Crippen molar-refractivity contribution in [1.82, 2.24) is 0 Å². The van der Waals surface area contributed by atoms with Gasteiger partial charge in [-0.3, -0.25) is 0 Å². The Morgan fingerprint density at radius 2 is 2.00 bits per heavy atom. The van der Waals surface area contributed by atoms with Gasteiger partial charge in [0.05, 0.1) is 0 Å². The quantitative estimate of drug-likeness (QED) is 0.875. The summed E-state index contributed by atoms with van der Waals surface area (Å²) in [5, 5.41) is 8.78. The summed E-state index contributed by atoms with van der Waals surface area (Å²) in [5.74, 6) is -1.25. The van der Waals surface area contributed by atoms with Crippen LogP contribution in [0.2, 0.25) is 0 Å². The minimum atomic E-state index is -0.988. The fourth-order valence-corrected chi connectivity index (χ4v) is 2.64. The number of hydrogen-bond acceptors (Lipinski definition) is 2. The fourth-order valence-electron chi connectivity index (χ4n) is 2.64. The molecule has 0 radical (unpaired) electrons. The van der Waals surface area contributed by atoms with Gasteiger partial charge >= 0.3 is 5.97 Å². The molecule has 0 spiro atoms. The van der Waals surface area contributed by atoms with E-state index < -0.39 is 5.97 Å². The van der Waals surface area contributed by atoms with Gasteiger partial charge in [0.2, 0.25) is 0 Å². The molecule has 0 saturated heterocycles. The number of rotatable bonds is 3. The van der Waals surface area contributed by atoms with Crippen LogP contribution < -0.4 is 4.90 Å². The zero-order chi connectivity index (χ0) is 14.8. The summed E-state index contributed by atoms with van der Waals surface area (Å²) < 4.78 is 13.5. The van der Waals surface area contributed by atoms with Crippen LogP contribution in [-0.2, 0) is 11.2 Å². The summed E-state index contributed by atoms with van der Waals surface area (Å²) in [4.78, 5) is 12.7. The Balaban J connectivity index is 2.04. The first-order valence-corrected chi connectivity index (χ1v) is 6.71. The lowest BCUT2D eigenvalue weighted by molar-refractivity contribution is -0.131. The molecule has 0 amide bonds. The van der Waals surface area contributed by atoms with E-state index in [0.29, 0.717) is 0 Å². The van der Waals surface area contributed by atoms with Crippen LogP contribution in [0, 0.1) is 5.82 Å². The molecule has 0 bridgehead atoms. The zero-order valence-corrected chi connectivity index (χ0v) is 11.3. The second kappa shape index (κ2) is 5.40. The van der Waals surface area contributed by atoms with E-state index in [1.807, 2.05) is 29.2 Å². The van der Waals surface area contributed by atoms with Crippen LogP contribution in [0.3, 0.4) is 0 Å². The van der Waals surface area contributed by atoms with E-state index in [0.717, 1.165) is 41.5 Å². The molecule has 0 unspecified atom stereocenters. The number of halogens is 1. The number of anilines is 2. The molecule has 1 aliphatic rings. The van der Waals surface area contributed by atoms with Gasteiger partial charge in [-0.25, -0.2) is 9.18 Å². The topological polar surface area (TPSA) is 40.5 Å². The summed E-state index contributed by atoms with van der Waals surface area (Å²) in [6.07, 6.45) is 3.53. The SMILES string of the molecule is O=C(O)/C=C/c1ccccc1N1CCc2ccc(F)cc21. The molecule has 0 aromatic heterocycles. The van der Waals surface area contributed by atoms with Crippen molar-refractivity contribution in [3.05, 3.63) is 65.5 Å². The smallest absolute Gasteiger partial charge is 0.328 e. The third-order valence-corrected chi connectivity index (χ3v) is 3.58. The first-order valence-electron chi connectivity index (χ1n) is 6.71. The number of carboxylic acid groups (broad SMARTS) is 1. The third kappa shape index (κ3) is 2.65. The lowest BCUT2D eigenvalue weighted by Crippen LogP contribution is -2.14. The Bertz CT molecular complexity index is 724. The molecule has 106 valence electrons. The largest absolute Gasteiger partial charge is 0.478 e. The highest BCUT2D eigenvalue weighted by atomic mass is 19.1. The number of carbonyl (C=O) groups is 1. The number of nitrogens with zero attached hydrogens (tertiary/aromatic N) is 1. The number of carboxylic acids is 1. The van der Waals surface area contributed by atoms with Gasteiger partial charge in [0.25, 0.3) is 0 Å². The van der Waals surface area contributed by atoms with Gasteiger partial charge in [0.1, 0.15) is 5.82 Å². The number of hydrogen-bond donors (Lipinski definition) is 1. The molecule has 4 heteroatoms. The van der Waals surface area contributed by atoms with Gasteiger partial charge in [-0.1, -0.05) is 24.3 Å². The van der Waals surface area contributed by atoms with E-state index >= 15 is 0 Å². The molecule has 2 aromatic carbocycles. The van der Waals surface area contributed by atoms with E-state index in [4.69, 9.17) is 5.11 Å². The van der Waals surface area contributed by atoms with Crippen LogP contribution in [0.25, 0.3) is 6.08 Å².